The van der Waals surface area contributed by atoms with Crippen LogP contribution in [0.25, 0.3) is 0 Å². The van der Waals surface area contributed by atoms with Crippen LogP contribution in [-0.2, 0) is 9.84 Å². The van der Waals surface area contributed by atoms with Crippen LogP contribution in [0.1, 0.15) is 38.8 Å². The van der Waals surface area contributed by atoms with Crippen LogP contribution in [0.5, 0.6) is 11.5 Å². The van der Waals surface area contributed by atoms with E-state index in [1.807, 2.05) is 0 Å². The molecule has 118 valence electrons. The summed E-state index contributed by atoms with van der Waals surface area (Å²) in [6.45, 7) is 6.26. The van der Waals surface area contributed by atoms with Gasteiger partial charge in [-0.15, -0.1) is 0 Å². The molecule has 0 amide bonds. The Bertz CT molecular complexity index is 605. The number of fused-ring (bicyclic) bond motifs is 1. The number of benzene rings is 1. The lowest BCUT2D eigenvalue weighted by Gasteiger charge is -2.22. The maximum atomic E-state index is 12.2. The normalized spacial score (nSPS) is 17.1. The van der Waals surface area contributed by atoms with Crippen LogP contribution in [0.15, 0.2) is 18.2 Å². The maximum Gasteiger partial charge on any atom is 0.161 e. The SMILES string of the molecule is CC(C)(C)S(=O)(=O)CC(N)c1ccc2c(c1)OCCCO2. The average molecular weight is 313 g/mol. The summed E-state index contributed by atoms with van der Waals surface area (Å²) in [5.41, 5.74) is 6.82. The molecule has 2 N–H and O–H groups in total. The van der Waals surface area contributed by atoms with Crippen LogP contribution in [0, 0.1) is 0 Å². The van der Waals surface area contributed by atoms with Gasteiger partial charge in [0.15, 0.2) is 21.3 Å². The van der Waals surface area contributed by atoms with Gasteiger partial charge in [-0.1, -0.05) is 6.07 Å². The second-order valence-corrected chi connectivity index (χ2v) is 9.04. The maximum absolute atomic E-state index is 12.2. The highest BCUT2D eigenvalue weighted by Crippen LogP contribution is 2.32. The molecule has 21 heavy (non-hydrogen) atoms. The second-order valence-electron chi connectivity index (χ2n) is 6.26. The summed E-state index contributed by atoms with van der Waals surface area (Å²) in [5, 5.41) is 0. The second kappa shape index (κ2) is 5.85. The van der Waals surface area contributed by atoms with E-state index in [0.717, 1.165) is 12.0 Å². The molecule has 6 heteroatoms. The molecule has 1 aromatic carbocycles. The van der Waals surface area contributed by atoms with Crippen LogP contribution < -0.4 is 15.2 Å². The van der Waals surface area contributed by atoms with E-state index in [-0.39, 0.29) is 5.75 Å². The first-order chi connectivity index (χ1) is 9.71. The summed E-state index contributed by atoms with van der Waals surface area (Å²) >= 11 is 0. The van der Waals surface area contributed by atoms with Gasteiger partial charge < -0.3 is 15.2 Å². The van der Waals surface area contributed by atoms with Crippen molar-refractivity contribution >= 4 is 9.84 Å². The summed E-state index contributed by atoms with van der Waals surface area (Å²) in [5.74, 6) is 1.23. The van der Waals surface area contributed by atoms with Crippen LogP contribution >= 0.6 is 0 Å². The van der Waals surface area contributed by atoms with E-state index >= 15 is 0 Å². The van der Waals surface area contributed by atoms with E-state index in [0.29, 0.717) is 24.7 Å². The highest BCUT2D eigenvalue weighted by atomic mass is 32.2. The fraction of sp³-hybridized carbons (Fsp3) is 0.600. The molecule has 1 unspecified atom stereocenters. The van der Waals surface area contributed by atoms with Crippen molar-refractivity contribution in [2.45, 2.75) is 38.0 Å². The highest BCUT2D eigenvalue weighted by molar-refractivity contribution is 7.92. The Labute approximate surface area is 126 Å². The van der Waals surface area contributed by atoms with E-state index in [4.69, 9.17) is 15.2 Å². The van der Waals surface area contributed by atoms with E-state index in [9.17, 15) is 8.42 Å². The van der Waals surface area contributed by atoms with Crippen LogP contribution in [0.4, 0.5) is 0 Å². The van der Waals surface area contributed by atoms with Gasteiger partial charge in [-0.05, 0) is 38.5 Å². The minimum Gasteiger partial charge on any atom is -0.490 e. The predicted octanol–water partition coefficient (Wildman–Crippen LogP) is 2.06. The quantitative estimate of drug-likeness (QED) is 0.924. The standard InChI is InChI=1S/C15H23NO4S/c1-15(2,3)21(17,18)10-12(16)11-5-6-13-14(9-11)20-8-4-7-19-13/h5-6,9,12H,4,7-8,10,16H2,1-3H3. The molecule has 0 aromatic heterocycles. The minimum absolute atomic E-state index is 0.0872. The van der Waals surface area contributed by atoms with Crippen molar-refractivity contribution in [3.05, 3.63) is 23.8 Å². The fourth-order valence-corrected chi connectivity index (χ4v) is 3.16. The predicted molar refractivity (Wildman–Crippen MR) is 82.5 cm³/mol. The topological polar surface area (TPSA) is 78.6 Å². The van der Waals surface area contributed by atoms with Gasteiger partial charge in [0.2, 0.25) is 0 Å². The molecular weight excluding hydrogens is 290 g/mol. The van der Waals surface area contributed by atoms with Crippen molar-refractivity contribution in [1.29, 1.82) is 0 Å². The van der Waals surface area contributed by atoms with Gasteiger partial charge in [0.05, 0.1) is 23.7 Å². The number of hydrogen-bond donors (Lipinski definition) is 1. The van der Waals surface area contributed by atoms with Crippen LogP contribution in [0.2, 0.25) is 0 Å². The Morgan fingerprint density at radius 1 is 1.19 bits per heavy atom. The molecule has 0 radical (unpaired) electrons. The van der Waals surface area contributed by atoms with E-state index in [1.165, 1.54) is 0 Å². The Morgan fingerprint density at radius 2 is 1.81 bits per heavy atom. The molecule has 0 saturated carbocycles. The lowest BCUT2D eigenvalue weighted by atomic mass is 10.1. The lowest BCUT2D eigenvalue weighted by Crippen LogP contribution is -2.34. The molecule has 0 fully saturated rings. The number of sulfone groups is 1. The van der Waals surface area contributed by atoms with E-state index < -0.39 is 20.6 Å². The summed E-state index contributed by atoms with van der Waals surface area (Å²) in [6, 6.07) is 4.80. The van der Waals surface area contributed by atoms with Crippen molar-refractivity contribution in [1.82, 2.24) is 0 Å². The van der Waals surface area contributed by atoms with Crippen LogP contribution in [-0.4, -0.2) is 32.1 Å². The number of nitrogens with two attached hydrogens (primary N) is 1. The molecule has 0 aliphatic carbocycles. The molecule has 2 rings (SSSR count). The Morgan fingerprint density at radius 3 is 2.43 bits per heavy atom. The van der Waals surface area contributed by atoms with Gasteiger partial charge in [0, 0.05) is 12.5 Å². The molecular formula is C15H23NO4S. The monoisotopic (exact) mass is 313 g/mol. The largest absolute Gasteiger partial charge is 0.490 e. The Kier molecular flexibility index (Phi) is 4.49. The summed E-state index contributed by atoms with van der Waals surface area (Å²) in [7, 11) is -3.27. The minimum atomic E-state index is -3.27. The summed E-state index contributed by atoms with van der Waals surface area (Å²) < 4.78 is 34.8. The summed E-state index contributed by atoms with van der Waals surface area (Å²) in [4.78, 5) is 0. The average Bonchev–Trinajstić information content (AvgIpc) is 2.60. The molecule has 1 aliphatic heterocycles. The third kappa shape index (κ3) is 3.68. The third-order valence-electron chi connectivity index (χ3n) is 3.53. The lowest BCUT2D eigenvalue weighted by molar-refractivity contribution is 0.297. The van der Waals surface area contributed by atoms with Gasteiger partial charge in [-0.2, -0.15) is 0 Å². The Hall–Kier alpha value is -1.27. The van der Waals surface area contributed by atoms with Gasteiger partial charge in [0.1, 0.15) is 0 Å². The van der Waals surface area contributed by atoms with Gasteiger partial charge in [0.25, 0.3) is 0 Å². The smallest absolute Gasteiger partial charge is 0.161 e. The van der Waals surface area contributed by atoms with Gasteiger partial charge >= 0.3 is 0 Å². The zero-order valence-corrected chi connectivity index (χ0v) is 13.6. The third-order valence-corrected chi connectivity index (χ3v) is 6.20. The first-order valence-corrected chi connectivity index (χ1v) is 8.73. The summed E-state index contributed by atoms with van der Waals surface area (Å²) in [6.07, 6.45) is 0.828. The zero-order chi connectivity index (χ0) is 15.7. The molecule has 1 atom stereocenters. The van der Waals surface area contributed by atoms with Crippen molar-refractivity contribution in [2.24, 2.45) is 5.73 Å². The molecule has 1 aliphatic rings. The molecule has 5 nitrogen and oxygen atoms in total. The van der Waals surface area contributed by atoms with Gasteiger partial charge in [-0.3, -0.25) is 0 Å². The molecule has 1 heterocycles. The highest BCUT2D eigenvalue weighted by Gasteiger charge is 2.31. The fourth-order valence-electron chi connectivity index (χ4n) is 1.99. The number of ether oxygens (including phenoxy) is 2. The molecule has 1 aromatic rings. The zero-order valence-electron chi connectivity index (χ0n) is 12.8. The van der Waals surface area contributed by atoms with E-state index in [1.54, 1.807) is 39.0 Å². The van der Waals surface area contributed by atoms with Gasteiger partial charge in [-0.25, -0.2) is 8.42 Å². The number of hydrogen-bond acceptors (Lipinski definition) is 5. The Balaban J connectivity index is 2.21. The van der Waals surface area contributed by atoms with Crippen LogP contribution in [0.3, 0.4) is 0 Å². The van der Waals surface area contributed by atoms with Crippen molar-refractivity contribution in [3.8, 4) is 11.5 Å². The molecule has 0 bridgehead atoms. The number of rotatable bonds is 3. The first kappa shape index (κ1) is 16.1. The van der Waals surface area contributed by atoms with Crippen molar-refractivity contribution in [2.75, 3.05) is 19.0 Å². The molecule has 0 saturated heterocycles. The first-order valence-electron chi connectivity index (χ1n) is 7.08. The molecule has 0 spiro atoms. The van der Waals surface area contributed by atoms with Crippen molar-refractivity contribution < 1.29 is 17.9 Å². The van der Waals surface area contributed by atoms with Crippen molar-refractivity contribution in [3.63, 3.8) is 0 Å². The van der Waals surface area contributed by atoms with E-state index in [2.05, 4.69) is 0 Å².